The highest BCUT2D eigenvalue weighted by Crippen LogP contribution is 2.03. The molecule has 1 atom stereocenters. The summed E-state index contributed by atoms with van der Waals surface area (Å²) in [5.74, 6) is 0.952. The molecule has 2 N–H and O–H groups in total. The molecule has 0 aromatic carbocycles. The Labute approximate surface area is 143 Å². The number of piperazine rings is 1. The van der Waals surface area contributed by atoms with Crippen molar-refractivity contribution in [1.82, 2.24) is 20.4 Å². The topological polar surface area (TPSA) is 42.9 Å². The largest absolute Gasteiger partial charge is 0.356 e. The number of hydrogen-bond acceptors (Lipinski definition) is 3. The highest BCUT2D eigenvalue weighted by Gasteiger charge is 2.12. The minimum Gasteiger partial charge on any atom is -0.356 e. The van der Waals surface area contributed by atoms with Gasteiger partial charge in [0, 0.05) is 45.8 Å². The molecular formula is C18H39N5. The maximum absolute atomic E-state index is 4.33. The smallest absolute Gasteiger partial charge is 0.191 e. The van der Waals surface area contributed by atoms with Gasteiger partial charge in [-0.3, -0.25) is 4.99 Å². The third-order valence-electron chi connectivity index (χ3n) is 4.64. The molecule has 0 aromatic heterocycles. The van der Waals surface area contributed by atoms with Crippen LogP contribution in [0.2, 0.25) is 0 Å². The second-order valence-electron chi connectivity index (χ2n) is 6.89. The summed E-state index contributed by atoms with van der Waals surface area (Å²) in [5.41, 5.74) is 0. The molecule has 1 unspecified atom stereocenters. The van der Waals surface area contributed by atoms with Crippen molar-refractivity contribution in [3.05, 3.63) is 0 Å². The Morgan fingerprint density at radius 3 is 2.48 bits per heavy atom. The molecule has 1 aliphatic heterocycles. The third-order valence-corrected chi connectivity index (χ3v) is 4.64. The zero-order valence-corrected chi connectivity index (χ0v) is 15.9. The highest BCUT2D eigenvalue weighted by atomic mass is 15.2. The summed E-state index contributed by atoms with van der Waals surface area (Å²) in [5, 5.41) is 6.94. The van der Waals surface area contributed by atoms with Crippen molar-refractivity contribution in [2.24, 2.45) is 4.99 Å². The second kappa shape index (κ2) is 12.6. The minimum atomic E-state index is 0.498. The fourth-order valence-electron chi connectivity index (χ4n) is 2.94. The summed E-state index contributed by atoms with van der Waals surface area (Å²) < 4.78 is 0. The van der Waals surface area contributed by atoms with Crippen LogP contribution in [-0.2, 0) is 0 Å². The fourth-order valence-corrected chi connectivity index (χ4v) is 2.94. The molecule has 136 valence electrons. The molecule has 5 heteroatoms. The molecule has 1 aliphatic rings. The fraction of sp³-hybridized carbons (Fsp3) is 0.944. The molecule has 0 spiro atoms. The molecule has 5 nitrogen and oxygen atoms in total. The van der Waals surface area contributed by atoms with Gasteiger partial charge in [-0.15, -0.1) is 0 Å². The van der Waals surface area contributed by atoms with Crippen molar-refractivity contribution < 1.29 is 0 Å². The quantitative estimate of drug-likeness (QED) is 0.367. The van der Waals surface area contributed by atoms with Crippen LogP contribution in [-0.4, -0.2) is 75.2 Å². The average Bonchev–Trinajstić information content (AvgIpc) is 2.55. The van der Waals surface area contributed by atoms with Crippen molar-refractivity contribution in [3.63, 3.8) is 0 Å². The molecule has 0 amide bonds. The zero-order valence-electron chi connectivity index (χ0n) is 15.9. The molecule has 1 rings (SSSR count). The highest BCUT2D eigenvalue weighted by molar-refractivity contribution is 5.79. The van der Waals surface area contributed by atoms with Crippen molar-refractivity contribution in [2.45, 2.75) is 58.4 Å². The molecule has 0 bridgehead atoms. The first kappa shape index (κ1) is 20.2. The Balaban J connectivity index is 2.04. The van der Waals surface area contributed by atoms with Crippen LogP contribution < -0.4 is 10.6 Å². The van der Waals surface area contributed by atoms with E-state index >= 15 is 0 Å². The first-order valence-electron chi connectivity index (χ1n) is 9.53. The molecule has 0 aromatic rings. The number of aliphatic imine (C=N–C) groups is 1. The Morgan fingerprint density at radius 1 is 1.09 bits per heavy atom. The van der Waals surface area contributed by atoms with E-state index in [1.165, 1.54) is 71.2 Å². The first-order chi connectivity index (χ1) is 11.2. The summed E-state index contributed by atoms with van der Waals surface area (Å²) in [6, 6.07) is 0.498. The maximum Gasteiger partial charge on any atom is 0.191 e. The van der Waals surface area contributed by atoms with Crippen LogP contribution in [0.3, 0.4) is 0 Å². The van der Waals surface area contributed by atoms with Crippen molar-refractivity contribution in [2.75, 3.05) is 53.4 Å². The molecule has 1 fully saturated rings. The maximum atomic E-state index is 4.33. The van der Waals surface area contributed by atoms with Crippen molar-refractivity contribution in [3.8, 4) is 0 Å². The van der Waals surface area contributed by atoms with E-state index in [4.69, 9.17) is 0 Å². The van der Waals surface area contributed by atoms with Gasteiger partial charge in [-0.1, -0.05) is 26.2 Å². The van der Waals surface area contributed by atoms with Gasteiger partial charge in [0.25, 0.3) is 0 Å². The summed E-state index contributed by atoms with van der Waals surface area (Å²) in [6.07, 6.45) is 7.60. The van der Waals surface area contributed by atoms with Crippen LogP contribution in [0.4, 0.5) is 0 Å². The summed E-state index contributed by atoms with van der Waals surface area (Å²) in [4.78, 5) is 9.33. The van der Waals surface area contributed by atoms with Crippen molar-refractivity contribution >= 4 is 5.96 Å². The number of rotatable bonds is 10. The van der Waals surface area contributed by atoms with E-state index in [2.05, 4.69) is 46.3 Å². The minimum absolute atomic E-state index is 0.498. The lowest BCUT2D eigenvalue weighted by molar-refractivity contribution is 0.152. The van der Waals surface area contributed by atoms with Gasteiger partial charge in [-0.25, -0.2) is 0 Å². The van der Waals surface area contributed by atoms with E-state index in [1.807, 2.05) is 7.05 Å². The van der Waals surface area contributed by atoms with Gasteiger partial charge in [0.05, 0.1) is 0 Å². The standard InChI is InChI=1S/C18H39N5/c1-5-6-7-10-17(2)21-18(19-3)20-11-8-9-12-23-15-13-22(4)14-16-23/h17H,5-16H2,1-4H3,(H2,19,20,21). The molecule has 1 heterocycles. The predicted molar refractivity (Wildman–Crippen MR) is 101 cm³/mol. The Hall–Kier alpha value is -0.810. The number of nitrogens with one attached hydrogen (secondary N) is 2. The van der Waals surface area contributed by atoms with Gasteiger partial charge >= 0.3 is 0 Å². The first-order valence-corrected chi connectivity index (χ1v) is 9.53. The second-order valence-corrected chi connectivity index (χ2v) is 6.89. The van der Waals surface area contributed by atoms with Gasteiger partial charge in [-0.2, -0.15) is 0 Å². The van der Waals surface area contributed by atoms with Gasteiger partial charge in [0.2, 0.25) is 0 Å². The summed E-state index contributed by atoms with van der Waals surface area (Å²) >= 11 is 0. The van der Waals surface area contributed by atoms with E-state index in [-0.39, 0.29) is 0 Å². The third kappa shape index (κ3) is 9.82. The van der Waals surface area contributed by atoms with Gasteiger partial charge < -0.3 is 20.4 Å². The van der Waals surface area contributed by atoms with Crippen LogP contribution in [0.1, 0.15) is 52.4 Å². The van der Waals surface area contributed by atoms with Gasteiger partial charge in [0.1, 0.15) is 0 Å². The molecule has 23 heavy (non-hydrogen) atoms. The molecular weight excluding hydrogens is 286 g/mol. The van der Waals surface area contributed by atoms with Crippen LogP contribution >= 0.6 is 0 Å². The number of unbranched alkanes of at least 4 members (excludes halogenated alkanes) is 3. The number of guanidine groups is 1. The number of likely N-dealkylation sites (N-methyl/N-ethyl adjacent to an activating group) is 1. The lowest BCUT2D eigenvalue weighted by Crippen LogP contribution is -2.45. The van der Waals surface area contributed by atoms with E-state index in [0.29, 0.717) is 6.04 Å². The van der Waals surface area contributed by atoms with Gasteiger partial charge in [0.15, 0.2) is 5.96 Å². The van der Waals surface area contributed by atoms with E-state index in [9.17, 15) is 0 Å². The van der Waals surface area contributed by atoms with Crippen LogP contribution in [0, 0.1) is 0 Å². The molecule has 0 radical (unpaired) electrons. The van der Waals surface area contributed by atoms with Crippen molar-refractivity contribution in [1.29, 1.82) is 0 Å². The SMILES string of the molecule is CCCCCC(C)NC(=NC)NCCCCN1CCN(C)CC1. The predicted octanol–water partition coefficient (Wildman–Crippen LogP) is 2.15. The lowest BCUT2D eigenvalue weighted by atomic mass is 10.1. The Bertz CT molecular complexity index is 311. The summed E-state index contributed by atoms with van der Waals surface area (Å²) in [7, 11) is 4.07. The lowest BCUT2D eigenvalue weighted by Gasteiger charge is -2.32. The summed E-state index contributed by atoms with van der Waals surface area (Å²) in [6.45, 7) is 11.6. The van der Waals surface area contributed by atoms with Crippen LogP contribution in [0.25, 0.3) is 0 Å². The van der Waals surface area contributed by atoms with Crippen LogP contribution in [0.15, 0.2) is 4.99 Å². The van der Waals surface area contributed by atoms with Crippen LogP contribution in [0.5, 0.6) is 0 Å². The Morgan fingerprint density at radius 2 is 1.83 bits per heavy atom. The zero-order chi connectivity index (χ0) is 16.9. The van der Waals surface area contributed by atoms with Gasteiger partial charge in [-0.05, 0) is 39.8 Å². The average molecular weight is 326 g/mol. The van der Waals surface area contributed by atoms with E-state index in [0.717, 1.165) is 12.5 Å². The monoisotopic (exact) mass is 325 g/mol. The number of hydrogen-bond donors (Lipinski definition) is 2. The molecule has 1 saturated heterocycles. The van der Waals surface area contributed by atoms with E-state index in [1.54, 1.807) is 0 Å². The Kier molecular flexibility index (Phi) is 11.1. The van der Waals surface area contributed by atoms with E-state index < -0.39 is 0 Å². The normalized spacial score (nSPS) is 18.9. The molecule has 0 aliphatic carbocycles. The molecule has 0 saturated carbocycles. The number of nitrogens with zero attached hydrogens (tertiary/aromatic N) is 3.